The molecule has 1 heterocycles. The molecule has 1 amide bonds. The average Bonchev–Trinajstić information content (AvgIpc) is 2.63. The number of aromatic nitrogens is 2. The highest BCUT2D eigenvalue weighted by atomic mass is 16.2. The van der Waals surface area contributed by atoms with Gasteiger partial charge in [0.25, 0.3) is 11.5 Å². The predicted octanol–water partition coefficient (Wildman–Crippen LogP) is 3.27. The van der Waals surface area contributed by atoms with Crippen LogP contribution in [0.5, 0.6) is 0 Å². The largest absolute Gasteiger partial charge is 0.348 e. The maximum Gasteiger partial charge on any atom is 0.282 e. The summed E-state index contributed by atoms with van der Waals surface area (Å²) in [5.74, 6) is 2.18. The molecule has 0 aliphatic heterocycles. The van der Waals surface area contributed by atoms with Crippen molar-refractivity contribution in [1.29, 1.82) is 0 Å². The van der Waals surface area contributed by atoms with E-state index in [4.69, 9.17) is 0 Å². The van der Waals surface area contributed by atoms with Crippen molar-refractivity contribution < 1.29 is 4.79 Å². The van der Waals surface area contributed by atoms with E-state index in [2.05, 4.69) is 17.2 Å². The Bertz CT molecular complexity index is 942. The van der Waals surface area contributed by atoms with Crippen molar-refractivity contribution in [3.05, 3.63) is 40.3 Å². The Morgan fingerprint density at radius 3 is 2.37 bits per heavy atom. The summed E-state index contributed by atoms with van der Waals surface area (Å²) in [6.07, 6.45) is 7.82. The van der Waals surface area contributed by atoms with E-state index >= 15 is 0 Å². The van der Waals surface area contributed by atoms with Gasteiger partial charge in [0.05, 0.1) is 11.0 Å². The molecule has 6 rings (SSSR count). The summed E-state index contributed by atoms with van der Waals surface area (Å²) in [6.45, 7) is 2.14. The first-order valence-electron chi connectivity index (χ1n) is 10.2. The number of hydrogen-bond acceptors (Lipinski definition) is 3. The molecule has 142 valence electrons. The van der Waals surface area contributed by atoms with Gasteiger partial charge >= 0.3 is 0 Å². The van der Waals surface area contributed by atoms with Gasteiger partial charge in [-0.3, -0.25) is 9.59 Å². The van der Waals surface area contributed by atoms with E-state index in [0.717, 1.165) is 23.3 Å². The molecule has 4 bridgehead atoms. The van der Waals surface area contributed by atoms with Gasteiger partial charge in [0.15, 0.2) is 5.69 Å². The monoisotopic (exact) mass is 365 g/mol. The predicted molar refractivity (Wildman–Crippen MR) is 105 cm³/mol. The van der Waals surface area contributed by atoms with Gasteiger partial charge in [-0.2, -0.15) is 0 Å². The molecule has 4 saturated carbocycles. The Kier molecular flexibility index (Phi) is 3.72. The standard InChI is InChI=1S/C22H27N3O2/c1-13(22-10-14-7-15(11-22)9-16(8-14)12-22)23-20(26)19-21(27)25(2)18-6-4-3-5-17(18)24-19/h3-6,13-16H,7-12H2,1-2H3,(H,23,26)/t13-,14?,15?,16?,22?/m0/s1. The van der Waals surface area contributed by atoms with Crippen LogP contribution < -0.4 is 10.9 Å². The molecule has 0 radical (unpaired) electrons. The highest BCUT2D eigenvalue weighted by Crippen LogP contribution is 2.61. The van der Waals surface area contributed by atoms with Gasteiger partial charge in [0.1, 0.15) is 0 Å². The minimum absolute atomic E-state index is 0.00720. The van der Waals surface area contributed by atoms with E-state index in [1.807, 2.05) is 24.3 Å². The third-order valence-corrected chi connectivity index (χ3v) is 7.55. The highest BCUT2D eigenvalue weighted by molar-refractivity contribution is 5.94. The minimum Gasteiger partial charge on any atom is -0.348 e. The van der Waals surface area contributed by atoms with Gasteiger partial charge in [-0.25, -0.2) is 4.98 Å². The number of fused-ring (bicyclic) bond motifs is 1. The molecular weight excluding hydrogens is 338 g/mol. The quantitative estimate of drug-likeness (QED) is 0.908. The molecule has 4 aliphatic rings. The molecule has 1 atom stereocenters. The number of amides is 1. The zero-order valence-electron chi connectivity index (χ0n) is 16.1. The lowest BCUT2D eigenvalue weighted by molar-refractivity contribution is -0.0688. The van der Waals surface area contributed by atoms with E-state index in [0.29, 0.717) is 5.52 Å². The molecular formula is C22H27N3O2. The molecule has 5 nitrogen and oxygen atoms in total. The fourth-order valence-corrected chi connectivity index (χ4v) is 6.55. The third-order valence-electron chi connectivity index (χ3n) is 7.55. The van der Waals surface area contributed by atoms with Crippen LogP contribution in [-0.4, -0.2) is 21.5 Å². The molecule has 4 aliphatic carbocycles. The Labute approximate surface area is 159 Å². The Morgan fingerprint density at radius 1 is 1.15 bits per heavy atom. The first kappa shape index (κ1) is 17.0. The number of nitrogens with zero attached hydrogens (tertiary/aromatic N) is 2. The first-order chi connectivity index (χ1) is 12.9. The van der Waals surface area contributed by atoms with E-state index in [9.17, 15) is 9.59 Å². The average molecular weight is 365 g/mol. The Balaban J connectivity index is 1.43. The van der Waals surface area contributed by atoms with Crippen LogP contribution in [-0.2, 0) is 7.05 Å². The summed E-state index contributed by atoms with van der Waals surface area (Å²) in [4.78, 5) is 30.1. The lowest BCUT2D eigenvalue weighted by atomic mass is 9.48. The summed E-state index contributed by atoms with van der Waals surface area (Å²) < 4.78 is 1.52. The van der Waals surface area contributed by atoms with E-state index < -0.39 is 0 Å². The molecule has 1 aromatic carbocycles. The van der Waals surface area contributed by atoms with Gasteiger partial charge < -0.3 is 9.88 Å². The number of carbonyl (C=O) groups excluding carboxylic acids is 1. The van der Waals surface area contributed by atoms with Crippen molar-refractivity contribution in [2.75, 3.05) is 0 Å². The topological polar surface area (TPSA) is 64.0 Å². The van der Waals surface area contributed by atoms with Crippen LogP contribution in [0.1, 0.15) is 55.9 Å². The van der Waals surface area contributed by atoms with Crippen molar-refractivity contribution >= 4 is 16.9 Å². The summed E-state index contributed by atoms with van der Waals surface area (Å²) in [6, 6.07) is 7.52. The van der Waals surface area contributed by atoms with Gasteiger partial charge in [-0.1, -0.05) is 12.1 Å². The van der Waals surface area contributed by atoms with Crippen molar-refractivity contribution in [2.24, 2.45) is 30.2 Å². The number of rotatable bonds is 3. The highest BCUT2D eigenvalue weighted by Gasteiger charge is 2.53. The number of carbonyl (C=O) groups is 1. The summed E-state index contributed by atoms with van der Waals surface area (Å²) in [5.41, 5.74) is 1.31. The summed E-state index contributed by atoms with van der Waals surface area (Å²) in [7, 11) is 1.70. The fraction of sp³-hybridized carbons (Fsp3) is 0.591. The number of benzene rings is 1. The summed E-state index contributed by atoms with van der Waals surface area (Å²) >= 11 is 0. The fourth-order valence-electron chi connectivity index (χ4n) is 6.55. The molecule has 4 fully saturated rings. The normalized spacial score (nSPS) is 32.6. The zero-order valence-corrected chi connectivity index (χ0v) is 16.1. The molecule has 1 N–H and O–H groups in total. The maximum absolute atomic E-state index is 13.0. The van der Waals surface area contributed by atoms with Crippen LogP contribution in [0.25, 0.3) is 11.0 Å². The van der Waals surface area contributed by atoms with E-state index in [1.165, 1.54) is 43.1 Å². The Morgan fingerprint density at radius 2 is 1.74 bits per heavy atom. The van der Waals surface area contributed by atoms with Gasteiger partial charge in [0.2, 0.25) is 0 Å². The van der Waals surface area contributed by atoms with Crippen LogP contribution in [0.15, 0.2) is 29.1 Å². The van der Waals surface area contributed by atoms with E-state index in [-0.39, 0.29) is 28.6 Å². The van der Waals surface area contributed by atoms with Crippen molar-refractivity contribution in [3.63, 3.8) is 0 Å². The Hall–Kier alpha value is -2.17. The second-order valence-electron chi connectivity index (χ2n) is 9.29. The second kappa shape index (κ2) is 5.91. The van der Waals surface area contributed by atoms with E-state index in [1.54, 1.807) is 7.05 Å². The molecule has 5 heteroatoms. The smallest absolute Gasteiger partial charge is 0.282 e. The zero-order chi connectivity index (χ0) is 18.8. The first-order valence-corrected chi connectivity index (χ1v) is 10.2. The van der Waals surface area contributed by atoms with Crippen molar-refractivity contribution in [2.45, 2.75) is 51.5 Å². The molecule has 0 unspecified atom stereocenters. The SMILES string of the molecule is C[C@H](NC(=O)c1nc2ccccc2n(C)c1=O)C12CC3CC(CC(C3)C1)C2. The van der Waals surface area contributed by atoms with Gasteiger partial charge in [-0.05, 0) is 80.8 Å². The van der Waals surface area contributed by atoms with Crippen LogP contribution in [0, 0.1) is 23.2 Å². The molecule has 0 spiro atoms. The van der Waals surface area contributed by atoms with Crippen LogP contribution in [0.2, 0.25) is 0 Å². The third kappa shape index (κ3) is 2.62. The second-order valence-corrected chi connectivity index (χ2v) is 9.29. The number of aryl methyl sites for hydroxylation is 1. The lowest BCUT2D eigenvalue weighted by Crippen LogP contribution is -2.56. The molecule has 0 saturated heterocycles. The molecule has 2 aromatic rings. The van der Waals surface area contributed by atoms with Gasteiger partial charge in [-0.15, -0.1) is 0 Å². The minimum atomic E-state index is -0.330. The van der Waals surface area contributed by atoms with Crippen LogP contribution in [0.3, 0.4) is 0 Å². The molecule has 27 heavy (non-hydrogen) atoms. The van der Waals surface area contributed by atoms with Crippen LogP contribution >= 0.6 is 0 Å². The number of nitrogens with one attached hydrogen (secondary N) is 1. The number of hydrogen-bond donors (Lipinski definition) is 1. The lowest BCUT2D eigenvalue weighted by Gasteiger charge is -2.59. The van der Waals surface area contributed by atoms with Gasteiger partial charge in [0, 0.05) is 13.1 Å². The van der Waals surface area contributed by atoms with Crippen molar-refractivity contribution in [1.82, 2.24) is 14.9 Å². The number of para-hydroxylation sites is 2. The van der Waals surface area contributed by atoms with Crippen molar-refractivity contribution in [3.8, 4) is 0 Å². The molecule has 1 aromatic heterocycles. The maximum atomic E-state index is 13.0. The summed E-state index contributed by atoms with van der Waals surface area (Å²) in [5, 5.41) is 3.17. The van der Waals surface area contributed by atoms with Crippen LogP contribution in [0.4, 0.5) is 0 Å².